The van der Waals surface area contributed by atoms with E-state index in [2.05, 4.69) is 57.2 Å². The van der Waals surface area contributed by atoms with Crippen LogP contribution in [0.3, 0.4) is 0 Å². The van der Waals surface area contributed by atoms with Crippen LogP contribution in [0.25, 0.3) is 0 Å². The van der Waals surface area contributed by atoms with Gasteiger partial charge in [-0.1, -0.05) is 50.3 Å². The fourth-order valence-corrected chi connectivity index (χ4v) is 7.58. The van der Waals surface area contributed by atoms with Gasteiger partial charge in [-0.25, -0.2) is 24.4 Å². The van der Waals surface area contributed by atoms with Gasteiger partial charge in [0, 0.05) is 24.0 Å². The van der Waals surface area contributed by atoms with Gasteiger partial charge in [-0.2, -0.15) is 0 Å². The Bertz CT molecular complexity index is 1190. The van der Waals surface area contributed by atoms with E-state index >= 15 is 0 Å². The molecule has 3 aliphatic rings. The van der Waals surface area contributed by atoms with E-state index in [1.165, 1.54) is 68.3 Å². The van der Waals surface area contributed by atoms with Gasteiger partial charge >= 0.3 is 0 Å². The quantitative estimate of drug-likeness (QED) is 0.406. The number of primary sulfonamides is 1. The van der Waals surface area contributed by atoms with Crippen LogP contribution in [0.2, 0.25) is 0 Å². The van der Waals surface area contributed by atoms with Crippen molar-refractivity contribution in [2.45, 2.75) is 80.5 Å². The minimum absolute atomic E-state index is 0.0183. The molecule has 0 bridgehead atoms. The number of hydrogen-bond donors (Lipinski definition) is 4. The normalized spacial score (nSPS) is 24.8. The summed E-state index contributed by atoms with van der Waals surface area (Å²) in [7, 11) is -3.77. The molecule has 206 valence electrons. The summed E-state index contributed by atoms with van der Waals surface area (Å²) in [5.74, 6) is 0.123. The Kier molecular flexibility index (Phi) is 8.61. The number of thioether (sulfide) groups is 1. The smallest absolute Gasteiger partial charge is 0.238 e. The number of anilines is 2. The van der Waals surface area contributed by atoms with Crippen molar-refractivity contribution in [3.05, 3.63) is 54.1 Å². The molecule has 1 aliphatic carbocycles. The van der Waals surface area contributed by atoms with Crippen molar-refractivity contribution < 1.29 is 13.2 Å². The fraction of sp³-hybridized carbons (Fsp3) is 0.519. The van der Waals surface area contributed by atoms with Crippen molar-refractivity contribution in [3.8, 4) is 0 Å². The lowest BCUT2D eigenvalue weighted by molar-refractivity contribution is -0.113. The van der Waals surface area contributed by atoms with Gasteiger partial charge in [-0.3, -0.25) is 9.69 Å². The highest BCUT2D eigenvalue weighted by Gasteiger charge is 2.48. The molecule has 2 heterocycles. The summed E-state index contributed by atoms with van der Waals surface area (Å²) in [6, 6.07) is 15.2. The van der Waals surface area contributed by atoms with E-state index < -0.39 is 10.0 Å². The van der Waals surface area contributed by atoms with E-state index in [0.717, 1.165) is 6.54 Å². The number of hydrogen-bond acceptors (Lipinski definition) is 8. The van der Waals surface area contributed by atoms with Gasteiger partial charge in [-0.15, -0.1) is 11.8 Å². The summed E-state index contributed by atoms with van der Waals surface area (Å²) in [5, 5.41) is 8.06. The molecule has 3 unspecified atom stereocenters. The predicted octanol–water partition coefficient (Wildman–Crippen LogP) is 3.72. The van der Waals surface area contributed by atoms with Crippen LogP contribution in [-0.4, -0.2) is 49.2 Å². The van der Waals surface area contributed by atoms with Gasteiger partial charge in [0.2, 0.25) is 15.9 Å². The lowest BCUT2D eigenvalue weighted by Crippen LogP contribution is -2.69. The Morgan fingerprint density at radius 3 is 2.39 bits per heavy atom. The summed E-state index contributed by atoms with van der Waals surface area (Å²) in [6.45, 7) is 3.13. The van der Waals surface area contributed by atoms with Crippen molar-refractivity contribution in [2.75, 3.05) is 22.5 Å². The second kappa shape index (κ2) is 11.9. The zero-order chi connectivity index (χ0) is 26.7. The Morgan fingerprint density at radius 1 is 1.03 bits per heavy atom. The number of nitrogens with one attached hydrogen (secondary N) is 3. The van der Waals surface area contributed by atoms with Crippen LogP contribution in [0.5, 0.6) is 0 Å². The molecule has 0 spiro atoms. The molecule has 2 aromatic carbocycles. The number of carbonyl (C=O) groups excluding carboxylic acids is 1. The number of benzene rings is 2. The van der Waals surface area contributed by atoms with Crippen LogP contribution in [0.1, 0.15) is 63.5 Å². The van der Waals surface area contributed by atoms with E-state index in [1.54, 1.807) is 23.9 Å². The van der Waals surface area contributed by atoms with Gasteiger partial charge in [0.05, 0.1) is 16.7 Å². The molecule has 0 radical (unpaired) electrons. The molecule has 5 N–H and O–H groups in total. The minimum atomic E-state index is -3.77. The average Bonchev–Trinajstić information content (AvgIpc) is 3.21. The van der Waals surface area contributed by atoms with Crippen LogP contribution >= 0.6 is 11.8 Å². The second-order valence-corrected chi connectivity index (χ2v) is 12.9. The largest absolute Gasteiger partial charge is 0.354 e. The molecule has 1 saturated heterocycles. The van der Waals surface area contributed by atoms with Gasteiger partial charge in [-0.05, 0) is 55.7 Å². The number of para-hydroxylation sites is 1. The molecule has 0 aromatic heterocycles. The highest BCUT2D eigenvalue weighted by Crippen LogP contribution is 2.45. The summed E-state index contributed by atoms with van der Waals surface area (Å²) < 4.78 is 23.0. The Balaban J connectivity index is 1.32. The standard InChI is InChI=1S/C27H38N6O3S2/c1-2-32-23-13-9-8-12-22(23)25-26(32)33(20-10-6-4-3-5-7-11-20)27(31-30-25)37-18-24(34)29-19-14-16-21(17-15-19)38(28,35)36/h8-9,12-17,20,25-27,30-31H,2-7,10-11,18H2,1H3,(H,29,34)(H2,28,35,36). The first-order valence-corrected chi connectivity index (χ1v) is 16.1. The minimum Gasteiger partial charge on any atom is -0.354 e. The lowest BCUT2D eigenvalue weighted by atomic mass is 9.94. The molecular weight excluding hydrogens is 520 g/mol. The molecule has 2 aliphatic heterocycles. The molecule has 2 fully saturated rings. The third-order valence-electron chi connectivity index (χ3n) is 7.81. The topological polar surface area (TPSA) is 120 Å². The first kappa shape index (κ1) is 27.4. The average molecular weight is 559 g/mol. The summed E-state index contributed by atoms with van der Waals surface area (Å²) in [4.78, 5) is 18.1. The van der Waals surface area contributed by atoms with E-state index in [-0.39, 0.29) is 34.3 Å². The number of amides is 1. The number of carbonyl (C=O) groups is 1. The van der Waals surface area contributed by atoms with Crippen LogP contribution in [0, 0.1) is 0 Å². The Labute approximate surface area is 229 Å². The van der Waals surface area contributed by atoms with Gasteiger partial charge in [0.1, 0.15) is 11.7 Å². The molecule has 1 saturated carbocycles. The van der Waals surface area contributed by atoms with Gasteiger partial charge in [0.15, 0.2) is 0 Å². The number of nitrogens with two attached hydrogens (primary N) is 1. The monoisotopic (exact) mass is 558 g/mol. The second-order valence-electron chi connectivity index (χ2n) is 10.3. The van der Waals surface area contributed by atoms with E-state index in [9.17, 15) is 13.2 Å². The third-order valence-corrected chi connectivity index (χ3v) is 9.85. The Morgan fingerprint density at radius 2 is 1.71 bits per heavy atom. The maximum absolute atomic E-state index is 12.9. The van der Waals surface area contributed by atoms with Crippen molar-refractivity contribution in [3.63, 3.8) is 0 Å². The van der Waals surface area contributed by atoms with Crippen LogP contribution < -0.4 is 26.2 Å². The molecule has 3 atom stereocenters. The highest BCUT2D eigenvalue weighted by molar-refractivity contribution is 8.00. The molecule has 38 heavy (non-hydrogen) atoms. The first-order chi connectivity index (χ1) is 18.4. The number of fused-ring (bicyclic) bond motifs is 3. The highest BCUT2D eigenvalue weighted by atomic mass is 32.2. The predicted molar refractivity (Wildman–Crippen MR) is 153 cm³/mol. The van der Waals surface area contributed by atoms with E-state index in [4.69, 9.17) is 5.14 Å². The molecular formula is C27H38N6O3S2. The zero-order valence-corrected chi connectivity index (χ0v) is 23.4. The molecule has 1 amide bonds. The third kappa shape index (κ3) is 5.88. The number of hydrazine groups is 1. The van der Waals surface area contributed by atoms with Crippen LogP contribution in [-0.2, 0) is 14.8 Å². The SMILES string of the molecule is CCN1c2ccccc2C2NNC(SCC(=O)Nc3ccc(S(N)(=O)=O)cc3)N(C3CCCCCCC3)C21. The van der Waals surface area contributed by atoms with Crippen LogP contribution in [0.15, 0.2) is 53.4 Å². The first-order valence-electron chi connectivity index (χ1n) is 13.5. The summed E-state index contributed by atoms with van der Waals surface area (Å²) >= 11 is 1.58. The summed E-state index contributed by atoms with van der Waals surface area (Å²) in [5.41, 5.74) is 10.2. The Hall–Kier alpha value is -2.15. The zero-order valence-electron chi connectivity index (χ0n) is 21.8. The van der Waals surface area contributed by atoms with Crippen molar-refractivity contribution in [2.24, 2.45) is 5.14 Å². The number of rotatable bonds is 7. The van der Waals surface area contributed by atoms with Crippen LogP contribution in [0.4, 0.5) is 11.4 Å². The van der Waals surface area contributed by atoms with Crippen molar-refractivity contribution in [1.82, 2.24) is 15.8 Å². The summed E-state index contributed by atoms with van der Waals surface area (Å²) in [6.07, 6.45) is 8.86. The van der Waals surface area contributed by atoms with E-state index in [1.807, 2.05) is 0 Å². The molecule has 5 rings (SSSR count). The lowest BCUT2D eigenvalue weighted by Gasteiger charge is -2.51. The maximum Gasteiger partial charge on any atom is 0.238 e. The molecule has 11 heteroatoms. The number of nitrogens with zero attached hydrogens (tertiary/aromatic N) is 2. The van der Waals surface area contributed by atoms with Crippen molar-refractivity contribution in [1.29, 1.82) is 0 Å². The number of sulfonamides is 1. The maximum atomic E-state index is 12.9. The molecule has 9 nitrogen and oxygen atoms in total. The van der Waals surface area contributed by atoms with Gasteiger partial charge < -0.3 is 10.2 Å². The van der Waals surface area contributed by atoms with Crippen molar-refractivity contribution >= 4 is 39.1 Å². The van der Waals surface area contributed by atoms with Gasteiger partial charge in [0.25, 0.3) is 0 Å². The molecule has 2 aromatic rings. The fourth-order valence-electron chi connectivity index (χ4n) is 6.06. The van der Waals surface area contributed by atoms with E-state index in [0.29, 0.717) is 11.7 Å². The number of likely N-dealkylation sites (N-methyl/N-ethyl adjacent to an activating group) is 1.